The molecule has 0 saturated heterocycles. The third kappa shape index (κ3) is 4.33. The fourth-order valence-corrected chi connectivity index (χ4v) is 2.87. The zero-order valence-electron chi connectivity index (χ0n) is 13.3. The van der Waals surface area contributed by atoms with Gasteiger partial charge in [-0.05, 0) is 37.2 Å². The lowest BCUT2D eigenvalue weighted by Crippen LogP contribution is -2.38. The van der Waals surface area contributed by atoms with E-state index in [2.05, 4.69) is 5.32 Å². The maximum atomic E-state index is 12.4. The smallest absolute Gasteiger partial charge is 0.308 e. The van der Waals surface area contributed by atoms with Crippen molar-refractivity contribution >= 4 is 11.9 Å². The highest BCUT2D eigenvalue weighted by Crippen LogP contribution is 2.48. The zero-order valence-corrected chi connectivity index (χ0v) is 13.3. The van der Waals surface area contributed by atoms with Crippen molar-refractivity contribution in [3.63, 3.8) is 0 Å². The SMILES string of the molecule is CC(C)CC(CNC(=O)C1(Cc2ccccc2)CC1)C(=O)O. The molecule has 120 valence electrons. The maximum Gasteiger partial charge on any atom is 0.308 e. The van der Waals surface area contributed by atoms with Gasteiger partial charge in [0.05, 0.1) is 11.3 Å². The molecule has 2 N–H and O–H groups in total. The lowest BCUT2D eigenvalue weighted by Gasteiger charge is -2.19. The van der Waals surface area contributed by atoms with E-state index >= 15 is 0 Å². The van der Waals surface area contributed by atoms with Crippen LogP contribution in [0.5, 0.6) is 0 Å². The molecule has 0 radical (unpaired) electrons. The van der Waals surface area contributed by atoms with Gasteiger partial charge in [-0.1, -0.05) is 44.2 Å². The summed E-state index contributed by atoms with van der Waals surface area (Å²) in [5.74, 6) is -1.03. The Morgan fingerprint density at radius 1 is 1.23 bits per heavy atom. The number of aliphatic carboxylic acids is 1. The largest absolute Gasteiger partial charge is 0.481 e. The summed E-state index contributed by atoms with van der Waals surface area (Å²) < 4.78 is 0. The van der Waals surface area contributed by atoms with E-state index in [0.29, 0.717) is 12.3 Å². The van der Waals surface area contributed by atoms with Gasteiger partial charge in [0, 0.05) is 6.54 Å². The Kier molecular flexibility index (Phi) is 5.22. The molecule has 0 heterocycles. The molecule has 1 aromatic rings. The second kappa shape index (κ2) is 6.95. The molecule has 1 aromatic carbocycles. The Hall–Kier alpha value is -1.84. The lowest BCUT2D eigenvalue weighted by molar-refractivity contribution is -0.142. The molecule has 4 heteroatoms. The summed E-state index contributed by atoms with van der Waals surface area (Å²) in [5, 5.41) is 12.1. The quantitative estimate of drug-likeness (QED) is 0.776. The van der Waals surface area contributed by atoms with Crippen molar-refractivity contribution in [2.24, 2.45) is 17.3 Å². The van der Waals surface area contributed by atoms with Gasteiger partial charge < -0.3 is 10.4 Å². The highest BCUT2D eigenvalue weighted by molar-refractivity contribution is 5.86. The maximum absolute atomic E-state index is 12.4. The van der Waals surface area contributed by atoms with Crippen molar-refractivity contribution in [1.29, 1.82) is 0 Å². The van der Waals surface area contributed by atoms with E-state index in [1.165, 1.54) is 0 Å². The molecule has 1 atom stereocenters. The first-order chi connectivity index (χ1) is 10.4. The summed E-state index contributed by atoms with van der Waals surface area (Å²) >= 11 is 0. The molecule has 1 saturated carbocycles. The second-order valence-corrected chi connectivity index (χ2v) is 6.82. The third-order valence-corrected chi connectivity index (χ3v) is 4.33. The van der Waals surface area contributed by atoms with Gasteiger partial charge in [-0.2, -0.15) is 0 Å². The summed E-state index contributed by atoms with van der Waals surface area (Å²) in [4.78, 5) is 23.7. The molecular weight excluding hydrogens is 278 g/mol. The van der Waals surface area contributed by atoms with E-state index < -0.39 is 11.9 Å². The van der Waals surface area contributed by atoms with Gasteiger partial charge in [0.15, 0.2) is 0 Å². The van der Waals surface area contributed by atoms with Crippen LogP contribution in [0.1, 0.15) is 38.7 Å². The van der Waals surface area contributed by atoms with Crippen molar-refractivity contribution in [2.45, 2.75) is 39.5 Å². The number of amides is 1. The number of carboxylic acid groups (broad SMARTS) is 1. The Labute approximate surface area is 131 Å². The van der Waals surface area contributed by atoms with Gasteiger partial charge >= 0.3 is 5.97 Å². The Morgan fingerprint density at radius 3 is 2.36 bits per heavy atom. The summed E-state index contributed by atoms with van der Waals surface area (Å²) in [6, 6.07) is 9.99. The van der Waals surface area contributed by atoms with Crippen LogP contribution in [-0.2, 0) is 16.0 Å². The minimum Gasteiger partial charge on any atom is -0.481 e. The average molecular weight is 303 g/mol. The number of carbonyl (C=O) groups is 2. The zero-order chi connectivity index (χ0) is 16.2. The molecule has 0 aromatic heterocycles. The number of benzene rings is 1. The van der Waals surface area contributed by atoms with Gasteiger partial charge in [0.2, 0.25) is 5.91 Å². The standard InChI is InChI=1S/C18H25NO3/c1-13(2)10-15(16(20)21)12-19-17(22)18(8-9-18)11-14-6-4-3-5-7-14/h3-7,13,15H,8-12H2,1-2H3,(H,19,22)(H,20,21). The van der Waals surface area contributed by atoms with Crippen LogP contribution in [0.15, 0.2) is 30.3 Å². The van der Waals surface area contributed by atoms with Crippen molar-refractivity contribution in [3.8, 4) is 0 Å². The van der Waals surface area contributed by atoms with E-state index in [9.17, 15) is 14.7 Å². The van der Waals surface area contributed by atoms with E-state index in [1.54, 1.807) is 0 Å². The molecule has 1 unspecified atom stereocenters. The summed E-state index contributed by atoms with van der Waals surface area (Å²) in [6.45, 7) is 4.22. The topological polar surface area (TPSA) is 66.4 Å². The highest BCUT2D eigenvalue weighted by Gasteiger charge is 2.49. The number of hydrogen-bond acceptors (Lipinski definition) is 2. The molecule has 4 nitrogen and oxygen atoms in total. The Morgan fingerprint density at radius 2 is 1.86 bits per heavy atom. The molecule has 0 spiro atoms. The highest BCUT2D eigenvalue weighted by atomic mass is 16.4. The van der Waals surface area contributed by atoms with E-state index in [-0.39, 0.29) is 17.9 Å². The summed E-state index contributed by atoms with van der Waals surface area (Å²) in [7, 11) is 0. The normalized spacial score (nSPS) is 17.0. The second-order valence-electron chi connectivity index (χ2n) is 6.82. The first kappa shape index (κ1) is 16.5. The van der Waals surface area contributed by atoms with Crippen molar-refractivity contribution in [3.05, 3.63) is 35.9 Å². The molecular formula is C18H25NO3. The van der Waals surface area contributed by atoms with Gasteiger partial charge in [-0.15, -0.1) is 0 Å². The molecule has 1 aliphatic carbocycles. The van der Waals surface area contributed by atoms with Gasteiger partial charge in [-0.25, -0.2) is 0 Å². The molecule has 1 fully saturated rings. The Bertz CT molecular complexity index is 520. The van der Waals surface area contributed by atoms with Crippen molar-refractivity contribution in [2.75, 3.05) is 6.54 Å². The molecule has 1 aliphatic rings. The average Bonchev–Trinajstić information content (AvgIpc) is 3.24. The van der Waals surface area contributed by atoms with Crippen LogP contribution in [0.3, 0.4) is 0 Å². The first-order valence-corrected chi connectivity index (χ1v) is 7.98. The monoisotopic (exact) mass is 303 g/mol. The molecule has 0 aliphatic heterocycles. The van der Waals surface area contributed by atoms with Crippen LogP contribution in [0, 0.1) is 17.3 Å². The van der Waals surface area contributed by atoms with E-state index in [0.717, 1.165) is 24.8 Å². The number of rotatable bonds is 8. The third-order valence-electron chi connectivity index (χ3n) is 4.33. The van der Waals surface area contributed by atoms with Crippen LogP contribution in [-0.4, -0.2) is 23.5 Å². The number of carboxylic acids is 1. The predicted molar refractivity (Wildman–Crippen MR) is 85.4 cm³/mol. The number of hydrogen-bond donors (Lipinski definition) is 2. The fraction of sp³-hybridized carbons (Fsp3) is 0.556. The molecule has 0 bridgehead atoms. The van der Waals surface area contributed by atoms with Crippen molar-refractivity contribution < 1.29 is 14.7 Å². The molecule has 1 amide bonds. The van der Waals surface area contributed by atoms with Crippen LogP contribution in [0.2, 0.25) is 0 Å². The number of carbonyl (C=O) groups excluding carboxylic acids is 1. The number of nitrogens with one attached hydrogen (secondary N) is 1. The fourth-order valence-electron chi connectivity index (χ4n) is 2.87. The molecule has 2 rings (SSSR count). The van der Waals surface area contributed by atoms with Crippen LogP contribution >= 0.6 is 0 Å². The molecule has 22 heavy (non-hydrogen) atoms. The summed E-state index contributed by atoms with van der Waals surface area (Å²) in [6.07, 6.45) is 3.09. The van der Waals surface area contributed by atoms with Gasteiger partial charge in [-0.3, -0.25) is 9.59 Å². The van der Waals surface area contributed by atoms with Crippen LogP contribution in [0.4, 0.5) is 0 Å². The minimum atomic E-state index is -0.832. The van der Waals surface area contributed by atoms with Crippen LogP contribution < -0.4 is 5.32 Å². The summed E-state index contributed by atoms with van der Waals surface area (Å²) in [5.41, 5.74) is 0.842. The van der Waals surface area contributed by atoms with E-state index in [4.69, 9.17) is 0 Å². The van der Waals surface area contributed by atoms with E-state index in [1.807, 2.05) is 44.2 Å². The predicted octanol–water partition coefficient (Wildman–Crippen LogP) is 2.87. The van der Waals surface area contributed by atoms with Crippen LogP contribution in [0.25, 0.3) is 0 Å². The lowest BCUT2D eigenvalue weighted by atomic mass is 9.94. The minimum absolute atomic E-state index is 0.00589. The Balaban J connectivity index is 1.90. The van der Waals surface area contributed by atoms with Crippen molar-refractivity contribution in [1.82, 2.24) is 5.32 Å². The van der Waals surface area contributed by atoms with Gasteiger partial charge in [0.1, 0.15) is 0 Å². The first-order valence-electron chi connectivity index (χ1n) is 7.98. The van der Waals surface area contributed by atoms with Gasteiger partial charge in [0.25, 0.3) is 0 Å².